The molecule has 29 heavy (non-hydrogen) atoms. The van der Waals surface area contributed by atoms with Gasteiger partial charge in [-0.05, 0) is 36.6 Å². The van der Waals surface area contributed by atoms with Crippen LogP contribution >= 0.6 is 22.6 Å². The number of methoxy groups -OCH3 is 2. The van der Waals surface area contributed by atoms with Crippen molar-refractivity contribution < 1.29 is 23.7 Å². The van der Waals surface area contributed by atoms with Gasteiger partial charge < -0.3 is 18.9 Å². The minimum atomic E-state index is -0.461. The standard InChI is InChI=1S/C23H29IO5/c1-4-5-6-9-14-28-22-20(26-2)15-18(16-21(22)27-3)23(25)29-19-11-8-7-10-17(19)12-13-24/h7-8,10-11,15-16H,4-6,9,12-14H2,1-3H3. The summed E-state index contributed by atoms with van der Waals surface area (Å²) in [6, 6.07) is 10.8. The number of alkyl halides is 1. The van der Waals surface area contributed by atoms with Gasteiger partial charge in [0.05, 0.1) is 26.4 Å². The van der Waals surface area contributed by atoms with Crippen LogP contribution in [0, 0.1) is 0 Å². The lowest BCUT2D eigenvalue weighted by atomic mass is 10.1. The van der Waals surface area contributed by atoms with Crippen LogP contribution in [0.15, 0.2) is 36.4 Å². The quantitative estimate of drug-likeness (QED) is 0.117. The van der Waals surface area contributed by atoms with E-state index in [0.717, 1.165) is 29.3 Å². The molecule has 0 N–H and O–H groups in total. The highest BCUT2D eigenvalue weighted by molar-refractivity contribution is 14.1. The number of carbonyl (C=O) groups excluding carboxylic acids is 1. The molecule has 0 fully saturated rings. The smallest absolute Gasteiger partial charge is 0.343 e. The minimum Gasteiger partial charge on any atom is -0.493 e. The van der Waals surface area contributed by atoms with Crippen molar-refractivity contribution in [3.8, 4) is 23.0 Å². The third-order valence-corrected chi connectivity index (χ3v) is 5.02. The molecule has 0 bridgehead atoms. The number of ether oxygens (including phenoxy) is 4. The van der Waals surface area contributed by atoms with Gasteiger partial charge in [-0.1, -0.05) is 67.0 Å². The lowest BCUT2D eigenvalue weighted by molar-refractivity contribution is 0.0732. The van der Waals surface area contributed by atoms with Gasteiger partial charge >= 0.3 is 5.97 Å². The van der Waals surface area contributed by atoms with E-state index >= 15 is 0 Å². The molecular weight excluding hydrogens is 483 g/mol. The zero-order valence-corrected chi connectivity index (χ0v) is 19.5. The molecule has 2 aromatic carbocycles. The number of benzene rings is 2. The Balaban J connectivity index is 2.19. The molecule has 6 heteroatoms. The topological polar surface area (TPSA) is 54.0 Å². The van der Waals surface area contributed by atoms with E-state index in [0.29, 0.717) is 35.2 Å². The third-order valence-electron chi connectivity index (χ3n) is 4.48. The molecule has 0 atom stereocenters. The zero-order valence-electron chi connectivity index (χ0n) is 17.3. The average Bonchev–Trinajstić information content (AvgIpc) is 2.74. The van der Waals surface area contributed by atoms with Crippen molar-refractivity contribution in [2.45, 2.75) is 39.0 Å². The second kappa shape index (κ2) is 12.6. The normalized spacial score (nSPS) is 10.5. The fourth-order valence-electron chi connectivity index (χ4n) is 2.91. The van der Waals surface area contributed by atoms with Crippen molar-refractivity contribution in [3.05, 3.63) is 47.5 Å². The summed E-state index contributed by atoms with van der Waals surface area (Å²) in [7, 11) is 3.09. The number of esters is 1. The maximum Gasteiger partial charge on any atom is 0.343 e. The van der Waals surface area contributed by atoms with E-state index in [1.165, 1.54) is 12.8 Å². The Bertz CT molecular complexity index is 766. The van der Waals surface area contributed by atoms with E-state index in [4.69, 9.17) is 18.9 Å². The number of aryl methyl sites for hydroxylation is 1. The molecule has 0 saturated heterocycles. The molecule has 0 amide bonds. The van der Waals surface area contributed by atoms with Crippen molar-refractivity contribution in [2.75, 3.05) is 25.3 Å². The first kappa shape index (κ1) is 23.3. The fraction of sp³-hybridized carbons (Fsp3) is 0.435. The summed E-state index contributed by atoms with van der Waals surface area (Å²) in [5.41, 5.74) is 1.35. The molecule has 0 aliphatic rings. The summed E-state index contributed by atoms with van der Waals surface area (Å²) in [6.07, 6.45) is 5.26. The summed E-state index contributed by atoms with van der Waals surface area (Å²) in [5, 5.41) is 0. The van der Waals surface area contributed by atoms with Crippen molar-refractivity contribution >= 4 is 28.6 Å². The predicted molar refractivity (Wildman–Crippen MR) is 123 cm³/mol. The molecule has 2 rings (SSSR count). The van der Waals surface area contributed by atoms with Crippen molar-refractivity contribution in [3.63, 3.8) is 0 Å². The van der Waals surface area contributed by atoms with Crippen LogP contribution in [-0.4, -0.2) is 31.2 Å². The van der Waals surface area contributed by atoms with Crippen LogP contribution in [0.25, 0.3) is 0 Å². The molecule has 0 saturated carbocycles. The van der Waals surface area contributed by atoms with Gasteiger partial charge in [-0.15, -0.1) is 0 Å². The summed E-state index contributed by atoms with van der Waals surface area (Å²) in [5.74, 6) is 1.52. The van der Waals surface area contributed by atoms with E-state index in [2.05, 4.69) is 29.5 Å². The highest BCUT2D eigenvalue weighted by Gasteiger charge is 2.19. The Morgan fingerprint density at radius 1 is 0.966 bits per heavy atom. The Kier molecular flexibility index (Phi) is 10.1. The fourth-order valence-corrected chi connectivity index (χ4v) is 3.49. The first-order valence-corrected chi connectivity index (χ1v) is 11.4. The van der Waals surface area contributed by atoms with Gasteiger partial charge in [-0.3, -0.25) is 0 Å². The first-order valence-electron chi connectivity index (χ1n) is 9.89. The van der Waals surface area contributed by atoms with Crippen molar-refractivity contribution in [2.24, 2.45) is 0 Å². The van der Waals surface area contributed by atoms with Gasteiger partial charge in [0.15, 0.2) is 11.5 Å². The second-order valence-corrected chi connectivity index (χ2v) is 7.63. The molecule has 158 valence electrons. The summed E-state index contributed by atoms with van der Waals surface area (Å²) in [4.78, 5) is 12.8. The van der Waals surface area contributed by atoms with Crippen LogP contribution in [0.1, 0.15) is 48.5 Å². The molecule has 5 nitrogen and oxygen atoms in total. The number of para-hydroxylation sites is 1. The largest absolute Gasteiger partial charge is 0.493 e. The Labute approximate surface area is 186 Å². The van der Waals surface area contributed by atoms with Gasteiger partial charge in [-0.25, -0.2) is 4.79 Å². The molecule has 0 heterocycles. The van der Waals surface area contributed by atoms with Crippen LogP contribution in [-0.2, 0) is 6.42 Å². The Morgan fingerprint density at radius 2 is 1.66 bits per heavy atom. The van der Waals surface area contributed by atoms with Crippen LogP contribution in [0.3, 0.4) is 0 Å². The monoisotopic (exact) mass is 512 g/mol. The number of unbranched alkanes of at least 4 members (excludes halogenated alkanes) is 3. The SMILES string of the molecule is CCCCCCOc1c(OC)cc(C(=O)Oc2ccccc2CCI)cc1OC. The molecule has 0 aromatic heterocycles. The van der Waals surface area contributed by atoms with E-state index < -0.39 is 5.97 Å². The zero-order chi connectivity index (χ0) is 21.1. The summed E-state index contributed by atoms with van der Waals surface area (Å²) in [6.45, 7) is 2.74. The van der Waals surface area contributed by atoms with E-state index in [1.54, 1.807) is 26.4 Å². The summed E-state index contributed by atoms with van der Waals surface area (Å²) >= 11 is 2.31. The second-order valence-electron chi connectivity index (χ2n) is 6.56. The molecule has 0 aliphatic heterocycles. The third kappa shape index (κ3) is 6.80. The highest BCUT2D eigenvalue weighted by Crippen LogP contribution is 2.39. The molecule has 0 unspecified atom stereocenters. The van der Waals surface area contributed by atoms with E-state index in [1.807, 2.05) is 24.3 Å². The van der Waals surface area contributed by atoms with Crippen LogP contribution in [0.4, 0.5) is 0 Å². The van der Waals surface area contributed by atoms with Crippen LogP contribution in [0.2, 0.25) is 0 Å². The maximum absolute atomic E-state index is 12.8. The number of carbonyl (C=O) groups is 1. The number of hydrogen-bond donors (Lipinski definition) is 0. The summed E-state index contributed by atoms with van der Waals surface area (Å²) < 4.78 is 23.4. The Morgan fingerprint density at radius 3 is 2.28 bits per heavy atom. The Hall–Kier alpha value is -1.96. The average molecular weight is 512 g/mol. The van der Waals surface area contributed by atoms with Gasteiger partial charge in [0.25, 0.3) is 0 Å². The predicted octanol–water partition coefficient (Wildman–Crippen LogP) is 5.86. The van der Waals surface area contributed by atoms with Gasteiger partial charge in [0.2, 0.25) is 5.75 Å². The first-order chi connectivity index (χ1) is 14.1. The minimum absolute atomic E-state index is 0.348. The van der Waals surface area contributed by atoms with Gasteiger partial charge in [0.1, 0.15) is 5.75 Å². The van der Waals surface area contributed by atoms with Crippen LogP contribution in [0.5, 0.6) is 23.0 Å². The maximum atomic E-state index is 12.8. The molecule has 0 radical (unpaired) electrons. The van der Waals surface area contributed by atoms with E-state index in [9.17, 15) is 4.79 Å². The molecular formula is C23H29IO5. The van der Waals surface area contributed by atoms with Gasteiger partial charge in [-0.2, -0.15) is 0 Å². The molecule has 0 aliphatic carbocycles. The van der Waals surface area contributed by atoms with Crippen molar-refractivity contribution in [1.82, 2.24) is 0 Å². The number of rotatable bonds is 12. The highest BCUT2D eigenvalue weighted by atomic mass is 127. The number of hydrogen-bond acceptors (Lipinski definition) is 5. The van der Waals surface area contributed by atoms with Crippen LogP contribution < -0.4 is 18.9 Å². The lowest BCUT2D eigenvalue weighted by Crippen LogP contribution is -2.11. The van der Waals surface area contributed by atoms with Gasteiger partial charge in [0, 0.05) is 4.43 Å². The molecule has 0 spiro atoms. The van der Waals surface area contributed by atoms with Crippen molar-refractivity contribution in [1.29, 1.82) is 0 Å². The molecule has 2 aromatic rings. The lowest BCUT2D eigenvalue weighted by Gasteiger charge is -2.16. The number of halogens is 1. The van der Waals surface area contributed by atoms with E-state index in [-0.39, 0.29) is 0 Å².